The Kier molecular flexibility index (Phi) is 2.54. The quantitative estimate of drug-likeness (QED) is 0.648. The summed E-state index contributed by atoms with van der Waals surface area (Å²) in [6.07, 6.45) is 5.33. The third-order valence-electron chi connectivity index (χ3n) is 3.56. The Hall–Kier alpha value is -0.770. The minimum absolute atomic E-state index is 0.236. The molecular weight excluding hydrogens is 220 g/mol. The summed E-state index contributed by atoms with van der Waals surface area (Å²) in [5.41, 5.74) is 2.30. The fourth-order valence-electron chi connectivity index (χ4n) is 2.59. The number of aryl methyl sites for hydroxylation is 1. The molecule has 1 aromatic rings. The van der Waals surface area contributed by atoms with Crippen molar-refractivity contribution in [3.05, 3.63) is 21.6 Å². The van der Waals surface area contributed by atoms with Gasteiger partial charge in [0, 0.05) is 17.4 Å². The Morgan fingerprint density at radius 2 is 2.19 bits per heavy atom. The Bertz CT molecular complexity index is 481. The minimum Gasteiger partial charge on any atom is -0.285 e. The lowest BCUT2D eigenvalue weighted by Gasteiger charge is -2.26. The molecule has 0 saturated heterocycles. The zero-order valence-electron chi connectivity index (χ0n) is 9.53. The van der Waals surface area contributed by atoms with Gasteiger partial charge in [-0.1, -0.05) is 11.8 Å². The summed E-state index contributed by atoms with van der Waals surface area (Å²) in [6.45, 7) is 2.13. The maximum absolute atomic E-state index is 12.4. The molecule has 0 amide bonds. The summed E-state index contributed by atoms with van der Waals surface area (Å²) < 4.78 is 1.92. The van der Waals surface area contributed by atoms with Crippen LogP contribution in [-0.2, 0) is 12.8 Å². The molecule has 1 unspecified atom stereocenters. The molecular formula is C12H16N2OS. The lowest BCUT2D eigenvalue weighted by atomic mass is 9.97. The second-order valence-electron chi connectivity index (χ2n) is 4.69. The molecule has 16 heavy (non-hydrogen) atoms. The molecule has 0 spiro atoms. The van der Waals surface area contributed by atoms with Crippen molar-refractivity contribution in [3.8, 4) is 0 Å². The van der Waals surface area contributed by atoms with Gasteiger partial charge in [0.05, 0.1) is 5.69 Å². The maximum atomic E-state index is 12.4. The van der Waals surface area contributed by atoms with Crippen molar-refractivity contribution in [2.24, 2.45) is 0 Å². The number of nitrogens with zero attached hydrogens (tertiary/aromatic N) is 2. The molecule has 3 rings (SSSR count). The second-order valence-corrected chi connectivity index (χ2v) is 5.75. The number of fused-ring (bicyclic) bond motifs is 2. The molecule has 0 radical (unpaired) electrons. The molecule has 0 fully saturated rings. The van der Waals surface area contributed by atoms with Crippen molar-refractivity contribution in [2.45, 2.75) is 50.2 Å². The molecule has 4 heteroatoms. The van der Waals surface area contributed by atoms with E-state index < -0.39 is 0 Å². The number of rotatable bonds is 0. The zero-order chi connectivity index (χ0) is 11.1. The highest BCUT2D eigenvalue weighted by atomic mass is 32.2. The minimum atomic E-state index is 0.236. The Balaban J connectivity index is 2.22. The summed E-state index contributed by atoms with van der Waals surface area (Å²) in [7, 11) is 0. The van der Waals surface area contributed by atoms with Gasteiger partial charge in [-0.15, -0.1) is 0 Å². The average Bonchev–Trinajstić information content (AvgIpc) is 2.29. The predicted octanol–water partition coefficient (Wildman–Crippen LogP) is 2.18. The van der Waals surface area contributed by atoms with Crippen LogP contribution in [0.1, 0.15) is 43.5 Å². The van der Waals surface area contributed by atoms with Crippen LogP contribution in [0.5, 0.6) is 0 Å². The molecule has 86 valence electrons. The van der Waals surface area contributed by atoms with Crippen LogP contribution in [0.4, 0.5) is 0 Å². The van der Waals surface area contributed by atoms with E-state index in [-0.39, 0.29) is 5.56 Å². The van der Waals surface area contributed by atoms with Crippen molar-refractivity contribution < 1.29 is 0 Å². The largest absolute Gasteiger partial charge is 0.285 e. The fourth-order valence-corrected chi connectivity index (χ4v) is 3.80. The van der Waals surface area contributed by atoms with Crippen LogP contribution in [0.3, 0.4) is 0 Å². The number of hydrogen-bond donors (Lipinski definition) is 0. The van der Waals surface area contributed by atoms with E-state index in [0.29, 0.717) is 6.04 Å². The molecule has 0 N–H and O–H groups in total. The van der Waals surface area contributed by atoms with E-state index in [0.717, 1.165) is 47.8 Å². The Labute approximate surface area is 99.3 Å². The third kappa shape index (κ3) is 1.51. The lowest BCUT2D eigenvalue weighted by Crippen LogP contribution is -2.34. The molecule has 1 atom stereocenters. The van der Waals surface area contributed by atoms with Gasteiger partial charge in [-0.2, -0.15) is 0 Å². The monoisotopic (exact) mass is 236 g/mol. The summed E-state index contributed by atoms with van der Waals surface area (Å²) in [5.74, 6) is 1.09. The Morgan fingerprint density at radius 1 is 1.38 bits per heavy atom. The van der Waals surface area contributed by atoms with Crippen molar-refractivity contribution >= 4 is 11.8 Å². The molecule has 1 aliphatic carbocycles. The normalized spacial score (nSPS) is 23.7. The van der Waals surface area contributed by atoms with Crippen molar-refractivity contribution in [1.82, 2.24) is 9.55 Å². The first-order valence-electron chi connectivity index (χ1n) is 6.04. The molecule has 0 bridgehead atoms. The topological polar surface area (TPSA) is 34.9 Å². The van der Waals surface area contributed by atoms with Gasteiger partial charge in [-0.25, -0.2) is 4.98 Å². The van der Waals surface area contributed by atoms with Crippen molar-refractivity contribution in [1.29, 1.82) is 0 Å². The summed E-state index contributed by atoms with van der Waals surface area (Å²) in [6, 6.07) is 0.323. The highest BCUT2D eigenvalue weighted by molar-refractivity contribution is 7.99. The van der Waals surface area contributed by atoms with Crippen molar-refractivity contribution in [2.75, 3.05) is 5.75 Å². The predicted molar refractivity (Wildman–Crippen MR) is 65.2 cm³/mol. The smallest absolute Gasteiger partial charge is 0.257 e. The highest BCUT2D eigenvalue weighted by Gasteiger charge is 2.24. The van der Waals surface area contributed by atoms with Gasteiger partial charge < -0.3 is 0 Å². The molecule has 1 aliphatic heterocycles. The number of aromatic nitrogens is 2. The number of thioether (sulfide) groups is 1. The van der Waals surface area contributed by atoms with Crippen LogP contribution in [-0.4, -0.2) is 15.3 Å². The molecule has 0 saturated carbocycles. The van der Waals surface area contributed by atoms with E-state index in [1.54, 1.807) is 11.8 Å². The standard InChI is InChI=1S/C12H16N2OS/c1-8-6-7-16-12-13-10-5-3-2-4-9(10)11(15)14(8)12/h8H,2-7H2,1H3. The highest BCUT2D eigenvalue weighted by Crippen LogP contribution is 2.29. The van der Waals surface area contributed by atoms with Crippen LogP contribution >= 0.6 is 11.8 Å². The molecule has 2 heterocycles. The molecule has 2 aliphatic rings. The molecule has 1 aromatic heterocycles. The SMILES string of the molecule is CC1CCSc2nc3c(c(=O)n21)CCCC3. The van der Waals surface area contributed by atoms with E-state index in [2.05, 4.69) is 6.92 Å². The first-order valence-corrected chi connectivity index (χ1v) is 7.03. The van der Waals surface area contributed by atoms with Crippen LogP contribution in [0.25, 0.3) is 0 Å². The van der Waals surface area contributed by atoms with Gasteiger partial charge in [0.1, 0.15) is 0 Å². The van der Waals surface area contributed by atoms with Crippen LogP contribution in [0.15, 0.2) is 9.95 Å². The Morgan fingerprint density at radius 3 is 3.06 bits per heavy atom. The molecule has 3 nitrogen and oxygen atoms in total. The van der Waals surface area contributed by atoms with Gasteiger partial charge in [0.2, 0.25) is 0 Å². The summed E-state index contributed by atoms with van der Waals surface area (Å²) in [5, 5.41) is 0.949. The fraction of sp³-hybridized carbons (Fsp3) is 0.667. The van der Waals surface area contributed by atoms with Crippen molar-refractivity contribution in [3.63, 3.8) is 0 Å². The van der Waals surface area contributed by atoms with Gasteiger partial charge >= 0.3 is 0 Å². The van der Waals surface area contributed by atoms with Gasteiger partial charge in [-0.3, -0.25) is 9.36 Å². The summed E-state index contributed by atoms with van der Waals surface area (Å²) in [4.78, 5) is 17.1. The van der Waals surface area contributed by atoms with Crippen LogP contribution < -0.4 is 5.56 Å². The van der Waals surface area contributed by atoms with Gasteiger partial charge in [-0.05, 0) is 39.0 Å². The van der Waals surface area contributed by atoms with Crippen LogP contribution in [0.2, 0.25) is 0 Å². The first-order chi connectivity index (χ1) is 7.77. The van der Waals surface area contributed by atoms with Gasteiger partial charge in [0.25, 0.3) is 5.56 Å². The third-order valence-corrected chi connectivity index (χ3v) is 4.55. The zero-order valence-corrected chi connectivity index (χ0v) is 10.3. The van der Waals surface area contributed by atoms with E-state index in [9.17, 15) is 4.79 Å². The first kappa shape index (κ1) is 10.4. The van der Waals surface area contributed by atoms with E-state index in [4.69, 9.17) is 4.98 Å². The maximum Gasteiger partial charge on any atom is 0.257 e. The average molecular weight is 236 g/mol. The van der Waals surface area contributed by atoms with E-state index in [1.165, 1.54) is 6.42 Å². The second kappa shape index (κ2) is 3.91. The lowest BCUT2D eigenvalue weighted by molar-refractivity contribution is 0.439. The van der Waals surface area contributed by atoms with Gasteiger partial charge in [0.15, 0.2) is 5.16 Å². The number of hydrogen-bond acceptors (Lipinski definition) is 3. The van der Waals surface area contributed by atoms with E-state index >= 15 is 0 Å². The summed E-state index contributed by atoms with van der Waals surface area (Å²) >= 11 is 1.73. The molecule has 0 aromatic carbocycles. The van der Waals surface area contributed by atoms with Crippen LogP contribution in [0, 0.1) is 0 Å². The van der Waals surface area contributed by atoms with E-state index in [1.807, 2.05) is 4.57 Å².